The van der Waals surface area contributed by atoms with Crippen LogP contribution in [0, 0.1) is 0 Å². The van der Waals surface area contributed by atoms with E-state index in [1.165, 1.54) is 23.9 Å². The molecule has 0 amide bonds. The highest BCUT2D eigenvalue weighted by Crippen LogP contribution is 2.41. The van der Waals surface area contributed by atoms with Gasteiger partial charge in [0, 0.05) is 18.7 Å². The third-order valence-electron chi connectivity index (χ3n) is 3.57. The Balaban J connectivity index is 0.00000176. The largest absolute Gasteiger partial charge is 0.366 e. The number of thioether (sulfide) groups is 1. The third kappa shape index (κ3) is 2.95. The van der Waals surface area contributed by atoms with Gasteiger partial charge in [0.05, 0.1) is 10.8 Å². The molecule has 6 nitrogen and oxygen atoms in total. The van der Waals surface area contributed by atoms with Gasteiger partial charge in [0.1, 0.15) is 4.90 Å². The molecule has 3 N–H and O–H groups in total. The fourth-order valence-electron chi connectivity index (χ4n) is 2.50. The number of hydrogen-bond acceptors (Lipinski definition) is 6. The molecule has 0 saturated carbocycles. The predicted molar refractivity (Wildman–Crippen MR) is 90.1 cm³/mol. The maximum atomic E-state index is 11.6. The van der Waals surface area contributed by atoms with Gasteiger partial charge in [0.2, 0.25) is 10.0 Å². The van der Waals surface area contributed by atoms with E-state index < -0.39 is 15.7 Å². The third-order valence-corrected chi connectivity index (χ3v) is 6.11. The highest BCUT2D eigenvalue weighted by atomic mass is 35.5. The first-order chi connectivity index (χ1) is 9.82. The summed E-state index contributed by atoms with van der Waals surface area (Å²) < 4.78 is 23.2. The number of halogens is 2. The molecule has 1 fully saturated rings. The highest BCUT2D eigenvalue weighted by molar-refractivity contribution is 8.14. The van der Waals surface area contributed by atoms with Crippen LogP contribution in [-0.2, 0) is 15.7 Å². The lowest BCUT2D eigenvalue weighted by atomic mass is 10.0. The summed E-state index contributed by atoms with van der Waals surface area (Å²) in [5, 5.41) is 17.0. The van der Waals surface area contributed by atoms with Gasteiger partial charge in [-0.1, -0.05) is 29.4 Å². The molecular weight excluding hydrogens is 369 g/mol. The minimum atomic E-state index is -3.94. The predicted octanol–water partition coefficient (Wildman–Crippen LogP) is 1.36. The Bertz CT molecular complexity index is 726. The van der Waals surface area contributed by atoms with E-state index in [9.17, 15) is 13.5 Å². The van der Waals surface area contributed by atoms with Gasteiger partial charge in [0.25, 0.3) is 0 Å². The van der Waals surface area contributed by atoms with Gasteiger partial charge in [-0.3, -0.25) is 4.99 Å². The van der Waals surface area contributed by atoms with E-state index in [1.54, 1.807) is 11.0 Å². The number of nitrogens with zero attached hydrogens (tertiary/aromatic N) is 2. The first-order valence-electron chi connectivity index (χ1n) is 6.32. The van der Waals surface area contributed by atoms with Crippen LogP contribution in [0.25, 0.3) is 0 Å². The number of sulfonamides is 1. The van der Waals surface area contributed by atoms with Crippen molar-refractivity contribution >= 4 is 51.0 Å². The summed E-state index contributed by atoms with van der Waals surface area (Å²) in [5.74, 6) is 0.386. The van der Waals surface area contributed by atoms with Crippen LogP contribution < -0.4 is 5.14 Å². The lowest BCUT2D eigenvalue weighted by Crippen LogP contribution is -2.47. The molecule has 1 unspecified atom stereocenters. The molecule has 1 aromatic rings. The molecule has 0 spiro atoms. The van der Waals surface area contributed by atoms with Crippen molar-refractivity contribution in [1.29, 1.82) is 0 Å². The Morgan fingerprint density at radius 1 is 1.45 bits per heavy atom. The number of nitrogens with two attached hydrogens (primary N) is 1. The van der Waals surface area contributed by atoms with E-state index in [-0.39, 0.29) is 22.3 Å². The SMILES string of the molecule is Cl.NS(=O)(=O)c1cc(C2(O)CSC3=NCCCN32)ccc1Cl. The lowest BCUT2D eigenvalue weighted by molar-refractivity contribution is -0.0498. The van der Waals surface area contributed by atoms with Gasteiger partial charge < -0.3 is 10.0 Å². The molecule has 0 aliphatic carbocycles. The maximum absolute atomic E-state index is 11.6. The van der Waals surface area contributed by atoms with Crippen LogP contribution in [-0.4, -0.2) is 42.4 Å². The topological polar surface area (TPSA) is 96.0 Å². The Hall–Kier alpha value is -0.510. The van der Waals surface area contributed by atoms with Gasteiger partial charge in [-0.15, -0.1) is 12.4 Å². The quantitative estimate of drug-likeness (QED) is 0.803. The zero-order valence-electron chi connectivity index (χ0n) is 11.4. The van der Waals surface area contributed by atoms with Crippen LogP contribution >= 0.6 is 35.8 Å². The van der Waals surface area contributed by atoms with Crippen LogP contribution in [0.1, 0.15) is 12.0 Å². The van der Waals surface area contributed by atoms with E-state index in [1.807, 2.05) is 0 Å². The summed E-state index contributed by atoms with van der Waals surface area (Å²) in [4.78, 5) is 6.00. The highest BCUT2D eigenvalue weighted by Gasteiger charge is 2.45. The van der Waals surface area contributed by atoms with E-state index in [2.05, 4.69) is 4.99 Å². The standard InChI is InChI=1S/C12H14ClN3O3S2.ClH/c13-9-3-2-8(6-10(9)21(14,18)19)12(17)7-20-11-15-4-1-5-16(11)12;/h2-3,6,17H,1,4-5,7H2,(H2,14,18,19);1H. The number of fused-ring (bicyclic) bond motifs is 1. The molecule has 122 valence electrons. The van der Waals surface area contributed by atoms with E-state index in [4.69, 9.17) is 16.7 Å². The second-order valence-corrected chi connectivity index (χ2v) is 7.84. The van der Waals surface area contributed by atoms with Gasteiger partial charge in [-0.25, -0.2) is 13.6 Å². The zero-order chi connectivity index (χ0) is 15.3. The van der Waals surface area contributed by atoms with Crippen molar-refractivity contribution in [2.75, 3.05) is 18.8 Å². The molecule has 0 bridgehead atoms. The lowest BCUT2D eigenvalue weighted by Gasteiger charge is -2.36. The Morgan fingerprint density at radius 2 is 2.18 bits per heavy atom. The van der Waals surface area contributed by atoms with E-state index >= 15 is 0 Å². The molecule has 3 rings (SSSR count). The number of aliphatic imine (C=N–C) groups is 1. The molecule has 22 heavy (non-hydrogen) atoms. The Labute approximate surface area is 144 Å². The smallest absolute Gasteiger partial charge is 0.239 e. The van der Waals surface area contributed by atoms with E-state index in [0.29, 0.717) is 17.9 Å². The summed E-state index contributed by atoms with van der Waals surface area (Å²) in [6.45, 7) is 1.42. The van der Waals surface area contributed by atoms with Crippen molar-refractivity contribution in [1.82, 2.24) is 4.90 Å². The average molecular weight is 384 g/mol. The number of benzene rings is 1. The summed E-state index contributed by atoms with van der Waals surface area (Å²) >= 11 is 7.34. The van der Waals surface area contributed by atoms with Crippen LogP contribution in [0.5, 0.6) is 0 Å². The van der Waals surface area contributed by atoms with E-state index in [0.717, 1.165) is 18.1 Å². The van der Waals surface area contributed by atoms with Crippen molar-refractivity contribution < 1.29 is 13.5 Å². The summed E-state index contributed by atoms with van der Waals surface area (Å²) in [6, 6.07) is 4.41. The van der Waals surface area contributed by atoms with Gasteiger partial charge in [-0.2, -0.15) is 0 Å². The number of hydrogen-bond donors (Lipinski definition) is 2. The fraction of sp³-hybridized carbons (Fsp3) is 0.417. The molecule has 1 aromatic carbocycles. The normalized spacial score (nSPS) is 24.5. The molecule has 0 radical (unpaired) electrons. The van der Waals surface area contributed by atoms with Crippen LogP contribution in [0.2, 0.25) is 5.02 Å². The average Bonchev–Trinajstić information content (AvgIpc) is 2.77. The van der Waals surface area contributed by atoms with Gasteiger partial charge in [-0.05, 0) is 18.6 Å². The summed E-state index contributed by atoms with van der Waals surface area (Å²) in [7, 11) is -3.94. The molecule has 10 heteroatoms. The summed E-state index contributed by atoms with van der Waals surface area (Å²) in [6.07, 6.45) is 0.849. The molecule has 2 heterocycles. The van der Waals surface area contributed by atoms with Crippen molar-refractivity contribution in [2.24, 2.45) is 10.1 Å². The first kappa shape index (κ1) is 17.8. The number of rotatable bonds is 2. The van der Waals surface area contributed by atoms with Crippen molar-refractivity contribution in [3.05, 3.63) is 28.8 Å². The summed E-state index contributed by atoms with van der Waals surface area (Å²) in [5.41, 5.74) is -0.830. The van der Waals surface area contributed by atoms with Crippen LogP contribution in [0.3, 0.4) is 0 Å². The minimum Gasteiger partial charge on any atom is -0.366 e. The van der Waals surface area contributed by atoms with Crippen molar-refractivity contribution in [2.45, 2.75) is 17.0 Å². The number of amidine groups is 1. The second kappa shape index (κ2) is 6.18. The van der Waals surface area contributed by atoms with Gasteiger partial charge in [0.15, 0.2) is 10.9 Å². The molecule has 2 aliphatic heterocycles. The fourth-order valence-corrected chi connectivity index (χ4v) is 4.81. The monoisotopic (exact) mass is 383 g/mol. The zero-order valence-corrected chi connectivity index (χ0v) is 14.6. The minimum absolute atomic E-state index is 0. The number of aliphatic hydroxyl groups is 1. The molecule has 1 atom stereocenters. The van der Waals surface area contributed by atoms with Crippen molar-refractivity contribution in [3.8, 4) is 0 Å². The molecule has 0 aromatic heterocycles. The van der Waals surface area contributed by atoms with Crippen LogP contribution in [0.15, 0.2) is 28.1 Å². The molecule has 1 saturated heterocycles. The van der Waals surface area contributed by atoms with Crippen molar-refractivity contribution in [3.63, 3.8) is 0 Å². The molecular formula is C12H15Cl2N3O3S2. The Kier molecular flexibility index (Phi) is 5.01. The first-order valence-corrected chi connectivity index (χ1v) is 9.23. The molecule has 2 aliphatic rings. The number of primary sulfonamides is 1. The Morgan fingerprint density at radius 3 is 2.86 bits per heavy atom. The second-order valence-electron chi connectivity index (χ2n) is 4.96. The van der Waals surface area contributed by atoms with Crippen LogP contribution in [0.4, 0.5) is 0 Å². The maximum Gasteiger partial charge on any atom is 0.239 e. The van der Waals surface area contributed by atoms with Gasteiger partial charge >= 0.3 is 0 Å².